The van der Waals surface area contributed by atoms with Crippen LogP contribution in [0, 0.1) is 0 Å². The summed E-state index contributed by atoms with van der Waals surface area (Å²) in [6.45, 7) is 1.67. The maximum atomic E-state index is 13.5. The van der Waals surface area contributed by atoms with Crippen molar-refractivity contribution in [2.24, 2.45) is 0 Å². The first-order valence-electron chi connectivity index (χ1n) is 9.28. The number of aromatic nitrogens is 2. The minimum atomic E-state index is -2.64. The first kappa shape index (κ1) is 18.0. The largest absolute Gasteiger partial charge is 0.423 e. The predicted octanol–water partition coefficient (Wildman–Crippen LogP) is 3.84. The molecule has 2 fully saturated rings. The van der Waals surface area contributed by atoms with E-state index in [-0.39, 0.29) is 0 Å². The molecule has 4 heterocycles. The van der Waals surface area contributed by atoms with E-state index in [9.17, 15) is 8.78 Å². The van der Waals surface area contributed by atoms with Gasteiger partial charge in [-0.3, -0.25) is 0 Å². The minimum Gasteiger partial charge on any atom is -0.423 e. The lowest BCUT2D eigenvalue weighted by atomic mass is 10.0. The van der Waals surface area contributed by atoms with Gasteiger partial charge in [0.25, 0.3) is 12.4 Å². The molecule has 2 saturated heterocycles. The van der Waals surface area contributed by atoms with E-state index in [1.165, 1.54) is 18.4 Å². The second kappa shape index (κ2) is 7.06. The molecule has 1 aromatic carbocycles. The number of nitrogens with zero attached hydrogens (tertiary/aromatic N) is 3. The lowest BCUT2D eigenvalue weighted by Gasteiger charge is -2.31. The van der Waals surface area contributed by atoms with Gasteiger partial charge in [-0.25, -0.2) is 13.8 Å². The van der Waals surface area contributed by atoms with E-state index in [1.807, 2.05) is 5.38 Å². The lowest BCUT2D eigenvalue weighted by Crippen LogP contribution is -2.51. The molecular weight excluding hydrogens is 386 g/mol. The van der Waals surface area contributed by atoms with Gasteiger partial charge in [0.05, 0.1) is 5.56 Å². The number of thiazole rings is 1. The number of piperazine rings is 1. The zero-order chi connectivity index (χ0) is 19.3. The number of anilines is 1. The van der Waals surface area contributed by atoms with Crippen molar-refractivity contribution in [3.63, 3.8) is 0 Å². The summed E-state index contributed by atoms with van der Waals surface area (Å²) >= 11 is 1.43. The number of benzene rings is 1. The van der Waals surface area contributed by atoms with Crippen molar-refractivity contribution in [1.29, 1.82) is 0 Å². The number of ether oxygens (including phenoxy) is 1. The molecule has 3 unspecified atom stereocenters. The van der Waals surface area contributed by atoms with Crippen molar-refractivity contribution in [3.05, 3.63) is 29.3 Å². The SMILES string of the molecule is COC(c1cc(-c2nccs2)c2oc(N3CC4CCC(C3)N4)nc2c1)C(F)F. The van der Waals surface area contributed by atoms with Crippen LogP contribution in [0.4, 0.5) is 14.8 Å². The van der Waals surface area contributed by atoms with E-state index >= 15 is 0 Å². The van der Waals surface area contributed by atoms with Crippen molar-refractivity contribution >= 4 is 28.5 Å². The maximum absolute atomic E-state index is 13.5. The van der Waals surface area contributed by atoms with Crippen molar-refractivity contribution in [2.75, 3.05) is 25.1 Å². The second-order valence-corrected chi connectivity index (χ2v) is 8.18. The summed E-state index contributed by atoms with van der Waals surface area (Å²) in [7, 11) is 1.29. The third-order valence-corrected chi connectivity index (χ3v) is 6.27. The zero-order valence-corrected chi connectivity index (χ0v) is 16.1. The standard InChI is InChI=1S/C19H20F2N4O2S/c1-26-15(17(20)21)10-6-13(18-22-4-5-28-18)16-14(7-10)24-19(27-16)25-8-11-2-3-12(9-25)23-11/h4-7,11-12,15,17,23H,2-3,8-9H2,1H3. The summed E-state index contributed by atoms with van der Waals surface area (Å²) in [5.74, 6) is 0. The molecule has 0 spiro atoms. The van der Waals surface area contributed by atoms with Crippen molar-refractivity contribution in [3.8, 4) is 10.6 Å². The molecule has 0 amide bonds. The smallest absolute Gasteiger partial charge is 0.298 e. The number of methoxy groups -OCH3 is 1. The Balaban J connectivity index is 1.61. The molecule has 28 heavy (non-hydrogen) atoms. The summed E-state index contributed by atoms with van der Waals surface area (Å²) in [5, 5.41) is 6.14. The number of rotatable bonds is 5. The van der Waals surface area contributed by atoms with Crippen LogP contribution in [0.15, 0.2) is 28.1 Å². The highest BCUT2D eigenvalue weighted by atomic mass is 32.1. The molecular formula is C19H20F2N4O2S. The topological polar surface area (TPSA) is 63.4 Å². The van der Waals surface area contributed by atoms with E-state index in [0.29, 0.717) is 45.3 Å². The molecule has 9 heteroatoms. The molecule has 3 atom stereocenters. The van der Waals surface area contributed by atoms with Crippen LogP contribution in [-0.2, 0) is 4.74 Å². The highest BCUT2D eigenvalue weighted by Crippen LogP contribution is 2.38. The van der Waals surface area contributed by atoms with Crippen molar-refractivity contribution in [2.45, 2.75) is 37.5 Å². The van der Waals surface area contributed by atoms with E-state index in [2.05, 4.69) is 20.2 Å². The van der Waals surface area contributed by atoms with Gasteiger partial charge >= 0.3 is 0 Å². The lowest BCUT2D eigenvalue weighted by molar-refractivity contribution is -0.0342. The van der Waals surface area contributed by atoms with Gasteiger partial charge in [-0.05, 0) is 30.5 Å². The highest BCUT2D eigenvalue weighted by molar-refractivity contribution is 7.13. The third-order valence-electron chi connectivity index (χ3n) is 5.46. The molecule has 0 saturated carbocycles. The van der Waals surface area contributed by atoms with Gasteiger partial charge in [-0.15, -0.1) is 11.3 Å². The van der Waals surface area contributed by atoms with Crippen LogP contribution >= 0.6 is 11.3 Å². The molecule has 2 aromatic heterocycles. The molecule has 0 aliphatic carbocycles. The molecule has 1 N–H and O–H groups in total. The monoisotopic (exact) mass is 406 g/mol. The summed E-state index contributed by atoms with van der Waals surface area (Å²) in [6.07, 6.45) is 0.0321. The molecule has 2 aliphatic rings. The number of oxazole rings is 1. The van der Waals surface area contributed by atoms with Gasteiger partial charge in [0.15, 0.2) is 5.58 Å². The van der Waals surface area contributed by atoms with E-state index < -0.39 is 12.5 Å². The van der Waals surface area contributed by atoms with E-state index in [1.54, 1.807) is 18.3 Å². The van der Waals surface area contributed by atoms with Crippen LogP contribution in [-0.4, -0.2) is 48.7 Å². The number of alkyl halides is 2. The van der Waals surface area contributed by atoms with Crippen LogP contribution < -0.4 is 10.2 Å². The average Bonchev–Trinajstić information content (AvgIpc) is 3.41. The molecule has 3 aromatic rings. The Morgan fingerprint density at radius 1 is 1.29 bits per heavy atom. The Morgan fingerprint density at radius 3 is 2.71 bits per heavy atom. The summed E-state index contributed by atoms with van der Waals surface area (Å²) in [4.78, 5) is 11.1. The maximum Gasteiger partial charge on any atom is 0.298 e. The first-order chi connectivity index (χ1) is 13.6. The summed E-state index contributed by atoms with van der Waals surface area (Å²) in [5.41, 5.74) is 2.16. The first-order valence-corrected chi connectivity index (χ1v) is 10.2. The summed E-state index contributed by atoms with van der Waals surface area (Å²) in [6, 6.07) is 4.74. The van der Waals surface area contributed by atoms with Crippen LogP contribution in [0.5, 0.6) is 0 Å². The minimum absolute atomic E-state index is 0.371. The Labute approximate surface area is 164 Å². The highest BCUT2D eigenvalue weighted by Gasteiger charge is 2.34. The van der Waals surface area contributed by atoms with Gasteiger partial charge in [0, 0.05) is 43.9 Å². The molecule has 148 valence electrons. The van der Waals surface area contributed by atoms with Gasteiger partial charge in [-0.1, -0.05) is 0 Å². The van der Waals surface area contributed by atoms with Gasteiger partial charge in [0.2, 0.25) is 0 Å². The number of hydrogen-bond donors (Lipinski definition) is 1. The molecule has 5 rings (SSSR count). The average molecular weight is 406 g/mol. The number of nitrogens with one attached hydrogen (secondary N) is 1. The van der Waals surface area contributed by atoms with Crippen molar-refractivity contribution < 1.29 is 17.9 Å². The second-order valence-electron chi connectivity index (χ2n) is 7.28. The quantitative estimate of drug-likeness (QED) is 0.695. The van der Waals surface area contributed by atoms with Gasteiger partial charge in [0.1, 0.15) is 16.6 Å². The molecule has 0 radical (unpaired) electrons. The molecule has 6 nitrogen and oxygen atoms in total. The van der Waals surface area contributed by atoms with Crippen LogP contribution in [0.3, 0.4) is 0 Å². The fraction of sp³-hybridized carbons (Fsp3) is 0.474. The Bertz CT molecular complexity index is 966. The molecule has 2 bridgehead atoms. The number of fused-ring (bicyclic) bond motifs is 3. The molecule has 2 aliphatic heterocycles. The fourth-order valence-corrected chi connectivity index (χ4v) is 4.85. The fourth-order valence-electron chi connectivity index (χ4n) is 4.20. The van der Waals surface area contributed by atoms with Gasteiger partial charge in [-0.2, -0.15) is 4.98 Å². The number of halogens is 2. The van der Waals surface area contributed by atoms with Crippen LogP contribution in [0.25, 0.3) is 21.7 Å². The van der Waals surface area contributed by atoms with Crippen molar-refractivity contribution in [1.82, 2.24) is 15.3 Å². The van der Waals surface area contributed by atoms with E-state index in [4.69, 9.17) is 9.15 Å². The van der Waals surface area contributed by atoms with E-state index in [0.717, 1.165) is 25.9 Å². The number of hydrogen-bond acceptors (Lipinski definition) is 7. The zero-order valence-electron chi connectivity index (χ0n) is 15.3. The summed E-state index contributed by atoms with van der Waals surface area (Å²) < 4.78 is 38.1. The Kier molecular flexibility index (Phi) is 4.53. The van der Waals surface area contributed by atoms with Gasteiger partial charge < -0.3 is 19.4 Å². The Hall–Kier alpha value is -2.10. The Morgan fingerprint density at radius 2 is 2.07 bits per heavy atom. The normalized spacial score (nSPS) is 23.1. The predicted molar refractivity (Wildman–Crippen MR) is 103 cm³/mol. The van der Waals surface area contributed by atoms with Crippen LogP contribution in [0.2, 0.25) is 0 Å². The van der Waals surface area contributed by atoms with Crippen LogP contribution in [0.1, 0.15) is 24.5 Å². The third kappa shape index (κ3) is 3.07.